The molecule has 0 spiro atoms. The van der Waals surface area contributed by atoms with Crippen molar-refractivity contribution >= 4 is 50.7 Å². The van der Waals surface area contributed by atoms with Crippen molar-refractivity contribution in [2.45, 2.75) is 58.5 Å². The number of hydrogen-bond donors (Lipinski definition) is 1. The number of halogens is 2. The van der Waals surface area contributed by atoms with Crippen LogP contribution in [0.2, 0.25) is 10.0 Å². The molecule has 2 amide bonds. The first-order valence-electron chi connectivity index (χ1n) is 13.8. The van der Waals surface area contributed by atoms with E-state index in [-0.39, 0.29) is 24.3 Å². The van der Waals surface area contributed by atoms with E-state index in [9.17, 15) is 18.0 Å². The average molecular weight is 633 g/mol. The molecule has 0 bridgehead atoms. The summed E-state index contributed by atoms with van der Waals surface area (Å²) in [6.07, 6.45) is 1.98. The summed E-state index contributed by atoms with van der Waals surface area (Å²) in [5.41, 5.74) is 2.55. The summed E-state index contributed by atoms with van der Waals surface area (Å²) < 4.78 is 27.1. The number of benzene rings is 3. The molecule has 0 aliphatic heterocycles. The molecule has 3 aromatic carbocycles. The molecule has 226 valence electrons. The lowest BCUT2D eigenvalue weighted by Crippen LogP contribution is -2.53. The second-order valence-electron chi connectivity index (χ2n) is 11.3. The van der Waals surface area contributed by atoms with Crippen LogP contribution in [0, 0.1) is 0 Å². The van der Waals surface area contributed by atoms with Crippen molar-refractivity contribution < 1.29 is 18.0 Å². The summed E-state index contributed by atoms with van der Waals surface area (Å²) in [5.74, 6) is -0.915. The Bertz CT molecular complexity index is 1450. The van der Waals surface area contributed by atoms with E-state index >= 15 is 0 Å². The van der Waals surface area contributed by atoms with Crippen LogP contribution in [-0.2, 0) is 38.0 Å². The molecule has 10 heteroatoms. The van der Waals surface area contributed by atoms with Crippen molar-refractivity contribution in [2.75, 3.05) is 23.7 Å². The highest BCUT2D eigenvalue weighted by Crippen LogP contribution is 2.29. The Morgan fingerprint density at radius 2 is 1.50 bits per heavy atom. The molecular weight excluding hydrogens is 593 g/mol. The van der Waals surface area contributed by atoms with Gasteiger partial charge in [-0.3, -0.25) is 13.9 Å². The number of carbonyl (C=O) groups excluding carboxylic acids is 2. The van der Waals surface area contributed by atoms with E-state index in [1.54, 1.807) is 30.3 Å². The van der Waals surface area contributed by atoms with Gasteiger partial charge >= 0.3 is 0 Å². The number of nitrogens with one attached hydrogen (secondary N) is 1. The summed E-state index contributed by atoms with van der Waals surface area (Å²) in [6.45, 7) is 7.95. The van der Waals surface area contributed by atoms with Gasteiger partial charge in [-0.05, 0) is 47.2 Å². The lowest BCUT2D eigenvalue weighted by Gasteiger charge is -2.34. The van der Waals surface area contributed by atoms with Crippen molar-refractivity contribution in [2.24, 2.45) is 0 Å². The Labute approximate surface area is 259 Å². The van der Waals surface area contributed by atoms with Crippen LogP contribution in [-0.4, -0.2) is 50.5 Å². The zero-order valence-corrected chi connectivity index (χ0v) is 27.1. The van der Waals surface area contributed by atoms with Crippen LogP contribution >= 0.6 is 23.2 Å². The summed E-state index contributed by atoms with van der Waals surface area (Å²) in [6, 6.07) is 20.5. The van der Waals surface area contributed by atoms with Crippen LogP contribution in [0.15, 0.2) is 72.8 Å². The van der Waals surface area contributed by atoms with Crippen LogP contribution in [0.1, 0.15) is 50.8 Å². The van der Waals surface area contributed by atoms with Gasteiger partial charge in [-0.1, -0.05) is 99.4 Å². The third-order valence-electron chi connectivity index (χ3n) is 6.91. The monoisotopic (exact) mass is 631 g/mol. The fraction of sp³-hybridized carbons (Fsp3) is 0.375. The summed E-state index contributed by atoms with van der Waals surface area (Å²) >= 11 is 13.0. The van der Waals surface area contributed by atoms with Gasteiger partial charge in [0.25, 0.3) is 0 Å². The normalized spacial score (nSPS) is 12.5. The van der Waals surface area contributed by atoms with E-state index in [4.69, 9.17) is 23.2 Å². The lowest BCUT2D eigenvalue weighted by atomic mass is 9.87. The molecule has 0 unspecified atom stereocenters. The predicted octanol–water partition coefficient (Wildman–Crippen LogP) is 6.22. The van der Waals surface area contributed by atoms with Crippen molar-refractivity contribution in [1.29, 1.82) is 0 Å². The lowest BCUT2D eigenvalue weighted by molar-refractivity contribution is -0.140. The van der Waals surface area contributed by atoms with Crippen molar-refractivity contribution in [1.82, 2.24) is 10.2 Å². The first-order valence-corrected chi connectivity index (χ1v) is 16.4. The van der Waals surface area contributed by atoms with E-state index in [1.807, 2.05) is 49.4 Å². The first kappa shape index (κ1) is 33.4. The van der Waals surface area contributed by atoms with Crippen molar-refractivity contribution in [3.8, 4) is 0 Å². The molecule has 0 aliphatic rings. The van der Waals surface area contributed by atoms with Crippen LogP contribution in [0.25, 0.3) is 0 Å². The van der Waals surface area contributed by atoms with Crippen LogP contribution < -0.4 is 9.62 Å². The van der Waals surface area contributed by atoms with Gasteiger partial charge in [0.1, 0.15) is 12.6 Å². The number of rotatable bonds is 12. The Morgan fingerprint density at radius 3 is 2.02 bits per heavy atom. The molecule has 0 fully saturated rings. The molecular formula is C32H39Cl2N3O4S. The smallest absolute Gasteiger partial charge is 0.244 e. The minimum absolute atomic E-state index is 0.0883. The van der Waals surface area contributed by atoms with Gasteiger partial charge < -0.3 is 10.2 Å². The molecule has 0 saturated heterocycles. The number of amides is 2. The Kier molecular flexibility index (Phi) is 11.5. The highest BCUT2D eigenvalue weighted by molar-refractivity contribution is 7.92. The maximum atomic E-state index is 14.2. The van der Waals surface area contributed by atoms with Gasteiger partial charge in [0.2, 0.25) is 21.8 Å². The Hall–Kier alpha value is -3.07. The standard InChI is InChI=1S/C32H39Cl2N3O4S/c1-6-19-35-31(39)29(20-23-11-8-7-9-12-23)36(21-26-27(33)13-10-14-28(26)34)30(38)22-37(42(5,40)41)25-17-15-24(16-18-25)32(2,3)4/h7-18,29H,6,19-22H2,1-5H3,(H,35,39)/t29-/m1/s1. The molecule has 1 atom stereocenters. The molecule has 0 heterocycles. The number of anilines is 1. The predicted molar refractivity (Wildman–Crippen MR) is 172 cm³/mol. The van der Waals surface area contributed by atoms with Gasteiger partial charge in [0.15, 0.2) is 0 Å². The fourth-order valence-electron chi connectivity index (χ4n) is 4.52. The summed E-state index contributed by atoms with van der Waals surface area (Å²) in [5, 5.41) is 3.58. The van der Waals surface area contributed by atoms with Gasteiger partial charge in [0.05, 0.1) is 11.9 Å². The number of sulfonamides is 1. The third kappa shape index (κ3) is 8.96. The maximum absolute atomic E-state index is 14.2. The number of hydrogen-bond acceptors (Lipinski definition) is 4. The van der Waals surface area contributed by atoms with Crippen LogP contribution in [0.3, 0.4) is 0 Å². The largest absolute Gasteiger partial charge is 0.354 e. The highest BCUT2D eigenvalue weighted by atomic mass is 35.5. The van der Waals surface area contributed by atoms with Gasteiger partial charge in [-0.2, -0.15) is 0 Å². The average Bonchev–Trinajstić information content (AvgIpc) is 2.93. The second kappa shape index (κ2) is 14.4. The highest BCUT2D eigenvalue weighted by Gasteiger charge is 2.33. The minimum Gasteiger partial charge on any atom is -0.354 e. The Morgan fingerprint density at radius 1 is 0.905 bits per heavy atom. The molecule has 7 nitrogen and oxygen atoms in total. The molecule has 0 aromatic heterocycles. The minimum atomic E-state index is -3.87. The van der Waals surface area contributed by atoms with E-state index in [0.717, 1.165) is 21.7 Å². The van der Waals surface area contributed by atoms with E-state index in [0.29, 0.717) is 34.3 Å². The SMILES string of the molecule is CCCNC(=O)[C@@H](Cc1ccccc1)N(Cc1c(Cl)cccc1Cl)C(=O)CN(c1ccc(C(C)(C)C)cc1)S(C)(=O)=O. The molecule has 3 aromatic rings. The molecule has 1 N–H and O–H groups in total. The first-order chi connectivity index (χ1) is 19.7. The topological polar surface area (TPSA) is 86.8 Å². The maximum Gasteiger partial charge on any atom is 0.244 e. The summed E-state index contributed by atoms with van der Waals surface area (Å²) in [4.78, 5) is 29.2. The van der Waals surface area contributed by atoms with Crippen molar-refractivity contribution in [3.63, 3.8) is 0 Å². The number of nitrogens with zero attached hydrogens (tertiary/aromatic N) is 2. The molecule has 0 aliphatic carbocycles. The molecule has 3 rings (SSSR count). The summed E-state index contributed by atoms with van der Waals surface area (Å²) in [7, 11) is -3.87. The second-order valence-corrected chi connectivity index (χ2v) is 14.0. The molecule has 42 heavy (non-hydrogen) atoms. The van der Waals surface area contributed by atoms with E-state index in [2.05, 4.69) is 26.1 Å². The third-order valence-corrected chi connectivity index (χ3v) is 8.76. The van der Waals surface area contributed by atoms with Gasteiger partial charge in [-0.15, -0.1) is 0 Å². The quantitative estimate of drug-likeness (QED) is 0.257. The zero-order chi connectivity index (χ0) is 31.1. The van der Waals surface area contributed by atoms with Gasteiger partial charge in [0, 0.05) is 35.1 Å². The van der Waals surface area contributed by atoms with E-state index < -0.39 is 28.5 Å². The fourth-order valence-corrected chi connectivity index (χ4v) is 5.88. The molecule has 0 saturated carbocycles. The number of carbonyl (C=O) groups is 2. The van der Waals surface area contributed by atoms with Crippen molar-refractivity contribution in [3.05, 3.63) is 99.5 Å². The van der Waals surface area contributed by atoms with Crippen LogP contribution in [0.4, 0.5) is 5.69 Å². The molecule has 0 radical (unpaired) electrons. The zero-order valence-electron chi connectivity index (χ0n) is 24.7. The van der Waals surface area contributed by atoms with Crippen LogP contribution in [0.5, 0.6) is 0 Å². The Balaban J connectivity index is 2.08. The van der Waals surface area contributed by atoms with E-state index in [1.165, 1.54) is 4.90 Å². The van der Waals surface area contributed by atoms with Gasteiger partial charge in [-0.25, -0.2) is 8.42 Å².